The van der Waals surface area contributed by atoms with Crippen molar-refractivity contribution in [3.63, 3.8) is 0 Å². The lowest BCUT2D eigenvalue weighted by Gasteiger charge is -2.23. The maximum Gasteiger partial charge on any atom is 0.333 e. The van der Waals surface area contributed by atoms with Crippen molar-refractivity contribution in [1.29, 1.82) is 0 Å². The number of aliphatic hydroxyl groups excluding tert-OH is 3. The molecule has 13 heteroatoms. The first kappa shape index (κ1) is 41.3. The fourth-order valence-corrected chi connectivity index (χ4v) is 6.16. The summed E-state index contributed by atoms with van der Waals surface area (Å²) in [4.78, 5) is 51.0. The van der Waals surface area contributed by atoms with Crippen molar-refractivity contribution in [2.45, 2.75) is 109 Å². The standard InChI is InChI=1S/C38H52N2O11/c1-27(38(46)51-32-20-16-29(17-21-32)25-49-26-31(42)12-9-23-50-40(47)48)39-37(45)14-8-3-2-7-13-33-34(36(44)24-35(33)43)22-19-30(41)18-15-28-10-5-4-6-11-28/h2,4-7,10-11,16-17,20-21,27,30,33-36,41,43-44H,3,8-9,12-15,18-19,22-26H2,1H3,(H,39,45)/b7-2-/t27?,30-,33+,34+,35-,36+/m0/s1. The molecule has 0 radical (unpaired) electrons. The maximum absolute atomic E-state index is 12.5. The Bertz CT molecular complexity index is 1390. The third kappa shape index (κ3) is 16.2. The molecule has 1 fully saturated rings. The number of ketones is 1. The predicted molar refractivity (Wildman–Crippen MR) is 188 cm³/mol. The van der Waals surface area contributed by atoms with Crippen LogP contribution in [0.5, 0.6) is 5.75 Å². The number of amides is 1. The number of esters is 1. The molecule has 0 aliphatic heterocycles. The van der Waals surface area contributed by atoms with Crippen LogP contribution in [0, 0.1) is 22.0 Å². The van der Waals surface area contributed by atoms with Crippen LogP contribution >= 0.6 is 0 Å². The molecule has 0 saturated heterocycles. The molecule has 0 spiro atoms. The molecule has 51 heavy (non-hydrogen) atoms. The van der Waals surface area contributed by atoms with Gasteiger partial charge in [-0.05, 0) is 99.8 Å². The summed E-state index contributed by atoms with van der Waals surface area (Å²) in [5, 5.41) is 43.5. The molecule has 0 heterocycles. The average Bonchev–Trinajstić information content (AvgIpc) is 3.38. The number of rotatable bonds is 24. The van der Waals surface area contributed by atoms with Gasteiger partial charge in [0.05, 0.1) is 31.5 Å². The number of hydrogen-bond donors (Lipinski definition) is 4. The molecule has 4 N–H and O–H groups in total. The van der Waals surface area contributed by atoms with E-state index in [1.54, 1.807) is 31.2 Å². The van der Waals surface area contributed by atoms with Crippen molar-refractivity contribution in [1.82, 2.24) is 5.32 Å². The molecule has 3 rings (SSSR count). The first-order chi connectivity index (χ1) is 24.5. The molecule has 13 nitrogen and oxygen atoms in total. The number of benzene rings is 2. The van der Waals surface area contributed by atoms with E-state index < -0.39 is 35.4 Å². The Kier molecular flexibility index (Phi) is 18.3. The van der Waals surface area contributed by atoms with Crippen LogP contribution in [-0.2, 0) is 37.0 Å². The van der Waals surface area contributed by atoms with Crippen LogP contribution in [-0.4, -0.2) is 75.6 Å². The maximum atomic E-state index is 12.5. The smallest absolute Gasteiger partial charge is 0.333 e. The third-order valence-corrected chi connectivity index (χ3v) is 9.01. The second kappa shape index (κ2) is 22.6. The van der Waals surface area contributed by atoms with Crippen molar-refractivity contribution in [2.75, 3.05) is 13.2 Å². The quantitative estimate of drug-likeness (QED) is 0.0301. The molecule has 1 aliphatic rings. The second-order valence-corrected chi connectivity index (χ2v) is 13.1. The molecular formula is C38H52N2O11. The molecule has 0 aromatic heterocycles. The highest BCUT2D eigenvalue weighted by molar-refractivity contribution is 5.85. The minimum atomic E-state index is -0.903. The molecular weight excluding hydrogens is 660 g/mol. The highest BCUT2D eigenvalue weighted by Crippen LogP contribution is 2.38. The SMILES string of the molecule is CC(NC(=O)CCC/C=C\C[C@@H]1[C@@H](CC[C@@H](O)CCc2ccccc2)[C@H](O)C[C@@H]1O)C(=O)Oc1ccc(COCC(=O)CCCO[N+](=O)[O-])cc1. The number of aryl methyl sites for hydroxylation is 1. The van der Waals surface area contributed by atoms with Crippen LogP contribution in [0.25, 0.3) is 0 Å². The second-order valence-electron chi connectivity index (χ2n) is 13.1. The van der Waals surface area contributed by atoms with Crippen molar-refractivity contribution < 1.29 is 49.1 Å². The topological polar surface area (TPSA) is 195 Å². The van der Waals surface area contributed by atoms with Gasteiger partial charge in [0, 0.05) is 12.8 Å². The van der Waals surface area contributed by atoms with Gasteiger partial charge in [-0.3, -0.25) is 9.59 Å². The lowest BCUT2D eigenvalue weighted by Crippen LogP contribution is -2.40. The first-order valence-electron chi connectivity index (χ1n) is 17.7. The van der Waals surface area contributed by atoms with Crippen LogP contribution in [0.1, 0.15) is 82.3 Å². The summed E-state index contributed by atoms with van der Waals surface area (Å²) in [5.41, 5.74) is 1.93. The lowest BCUT2D eigenvalue weighted by atomic mass is 9.85. The number of aliphatic hydroxyl groups is 3. The summed E-state index contributed by atoms with van der Waals surface area (Å²) in [7, 11) is 0. The van der Waals surface area contributed by atoms with Crippen molar-refractivity contribution >= 4 is 17.7 Å². The van der Waals surface area contributed by atoms with Crippen LogP contribution in [0.4, 0.5) is 0 Å². The first-order valence-corrected chi connectivity index (χ1v) is 17.7. The monoisotopic (exact) mass is 712 g/mol. The Morgan fingerprint density at radius 3 is 2.41 bits per heavy atom. The normalized spacial score (nSPS) is 19.8. The van der Waals surface area contributed by atoms with E-state index >= 15 is 0 Å². The van der Waals surface area contributed by atoms with Gasteiger partial charge in [-0.25, -0.2) is 4.79 Å². The predicted octanol–water partition coefficient (Wildman–Crippen LogP) is 4.42. The molecule has 1 unspecified atom stereocenters. The Morgan fingerprint density at radius 2 is 1.69 bits per heavy atom. The molecule has 2 aromatic rings. The van der Waals surface area contributed by atoms with E-state index in [-0.39, 0.29) is 62.6 Å². The zero-order valence-electron chi connectivity index (χ0n) is 29.3. The summed E-state index contributed by atoms with van der Waals surface area (Å²) in [6, 6.07) is 15.7. The van der Waals surface area contributed by atoms with E-state index in [0.29, 0.717) is 50.7 Å². The summed E-state index contributed by atoms with van der Waals surface area (Å²) in [5.74, 6) is -0.972. The van der Waals surface area contributed by atoms with E-state index in [1.165, 1.54) is 5.56 Å². The Hall–Kier alpha value is -4.17. The Morgan fingerprint density at radius 1 is 0.961 bits per heavy atom. The number of allylic oxidation sites excluding steroid dienone is 2. The fourth-order valence-electron chi connectivity index (χ4n) is 6.16. The summed E-state index contributed by atoms with van der Waals surface area (Å²) in [6.45, 7) is 1.41. The number of nitrogens with one attached hydrogen (secondary N) is 1. The zero-order valence-corrected chi connectivity index (χ0v) is 29.3. The van der Waals surface area contributed by atoms with Gasteiger partial charge >= 0.3 is 5.97 Å². The fraction of sp³-hybridized carbons (Fsp3) is 0.553. The van der Waals surface area contributed by atoms with E-state index in [0.717, 1.165) is 12.0 Å². The van der Waals surface area contributed by atoms with E-state index in [4.69, 9.17) is 9.47 Å². The number of unbranched alkanes of at least 4 members (excludes halogenated alkanes) is 1. The van der Waals surface area contributed by atoms with E-state index in [9.17, 15) is 39.8 Å². The Labute approximate surface area is 299 Å². The van der Waals surface area contributed by atoms with Gasteiger partial charge in [-0.2, -0.15) is 0 Å². The summed E-state index contributed by atoms with van der Waals surface area (Å²) in [6.07, 6.45) is 7.70. The average molecular weight is 713 g/mol. The van der Waals surface area contributed by atoms with E-state index in [1.807, 2.05) is 42.5 Å². The molecule has 1 aliphatic carbocycles. The van der Waals surface area contributed by atoms with Gasteiger partial charge in [0.2, 0.25) is 5.91 Å². The highest BCUT2D eigenvalue weighted by Gasteiger charge is 2.40. The number of carbonyl (C=O) groups excluding carboxylic acids is 3. The largest absolute Gasteiger partial charge is 0.425 e. The third-order valence-electron chi connectivity index (χ3n) is 9.01. The van der Waals surface area contributed by atoms with Gasteiger partial charge in [-0.1, -0.05) is 54.6 Å². The molecule has 1 amide bonds. The molecule has 1 saturated carbocycles. The lowest BCUT2D eigenvalue weighted by molar-refractivity contribution is -0.757. The van der Waals surface area contributed by atoms with E-state index in [2.05, 4.69) is 10.2 Å². The molecule has 0 bridgehead atoms. The van der Waals surface area contributed by atoms with Crippen LogP contribution in [0.2, 0.25) is 0 Å². The number of Topliss-reactive ketones (excluding diaryl/α,β-unsaturated/α-hetero) is 1. The number of ether oxygens (including phenoxy) is 2. The minimum Gasteiger partial charge on any atom is -0.425 e. The number of carbonyl (C=O) groups is 3. The van der Waals surface area contributed by atoms with Crippen LogP contribution in [0.15, 0.2) is 66.7 Å². The summed E-state index contributed by atoms with van der Waals surface area (Å²) < 4.78 is 10.7. The summed E-state index contributed by atoms with van der Waals surface area (Å²) >= 11 is 0. The minimum absolute atomic E-state index is 0.0818. The van der Waals surface area contributed by atoms with Gasteiger partial charge in [0.1, 0.15) is 18.4 Å². The van der Waals surface area contributed by atoms with Gasteiger partial charge in [-0.15, -0.1) is 10.1 Å². The zero-order chi connectivity index (χ0) is 37.0. The van der Waals surface area contributed by atoms with Gasteiger partial charge in [0.25, 0.3) is 5.09 Å². The van der Waals surface area contributed by atoms with Crippen molar-refractivity contribution in [3.05, 3.63) is 88.0 Å². The van der Waals surface area contributed by atoms with Crippen molar-refractivity contribution in [3.8, 4) is 5.75 Å². The van der Waals surface area contributed by atoms with Crippen LogP contribution < -0.4 is 10.1 Å². The Balaban J connectivity index is 1.28. The van der Waals surface area contributed by atoms with Crippen molar-refractivity contribution in [2.24, 2.45) is 11.8 Å². The molecule has 2 aromatic carbocycles. The number of nitrogens with zero attached hydrogens (tertiary/aromatic N) is 1. The molecule has 280 valence electrons. The number of hydrogen-bond acceptors (Lipinski definition) is 11. The van der Waals surface area contributed by atoms with Gasteiger partial charge in [0.15, 0.2) is 5.78 Å². The molecule has 6 atom stereocenters. The van der Waals surface area contributed by atoms with Crippen LogP contribution in [0.3, 0.4) is 0 Å². The van der Waals surface area contributed by atoms with Gasteiger partial charge < -0.3 is 34.9 Å². The highest BCUT2D eigenvalue weighted by atomic mass is 16.9.